The van der Waals surface area contributed by atoms with E-state index in [0.29, 0.717) is 21.1 Å². The summed E-state index contributed by atoms with van der Waals surface area (Å²) in [6.07, 6.45) is 3.28. The number of hydrogen-bond acceptors (Lipinski definition) is 2. The Hall–Kier alpha value is -0.880. The SMILES string of the molecule is CCSC1CCCC1n1c(=S)[nH]c2c(F)cc(F)cc21. The lowest BCUT2D eigenvalue weighted by Gasteiger charge is -2.21. The second-order valence-electron chi connectivity index (χ2n) is 5.07. The van der Waals surface area contributed by atoms with Crippen LogP contribution < -0.4 is 0 Å². The Balaban J connectivity index is 2.16. The van der Waals surface area contributed by atoms with Crippen molar-refractivity contribution in [2.45, 2.75) is 37.5 Å². The molecule has 1 N–H and O–H groups in total. The quantitative estimate of drug-likeness (QED) is 0.820. The molecule has 0 bridgehead atoms. The van der Waals surface area contributed by atoms with Crippen LogP contribution in [0.25, 0.3) is 11.0 Å². The van der Waals surface area contributed by atoms with Gasteiger partial charge in [0.25, 0.3) is 0 Å². The number of fused-ring (bicyclic) bond motifs is 1. The van der Waals surface area contributed by atoms with Gasteiger partial charge in [0.2, 0.25) is 0 Å². The van der Waals surface area contributed by atoms with Gasteiger partial charge in [-0.15, -0.1) is 0 Å². The van der Waals surface area contributed by atoms with Crippen molar-refractivity contribution in [3.8, 4) is 0 Å². The molecule has 1 heterocycles. The van der Waals surface area contributed by atoms with E-state index in [4.69, 9.17) is 12.2 Å². The van der Waals surface area contributed by atoms with Gasteiger partial charge in [0.1, 0.15) is 11.3 Å². The van der Waals surface area contributed by atoms with Gasteiger partial charge in [-0.3, -0.25) is 0 Å². The minimum absolute atomic E-state index is 0.224. The maximum Gasteiger partial charge on any atom is 0.178 e. The van der Waals surface area contributed by atoms with Crippen molar-refractivity contribution in [2.75, 3.05) is 5.75 Å². The summed E-state index contributed by atoms with van der Waals surface area (Å²) in [5.41, 5.74) is 0.852. The Morgan fingerprint density at radius 2 is 2.20 bits per heavy atom. The molecule has 1 fully saturated rings. The van der Waals surface area contributed by atoms with Crippen LogP contribution in [-0.2, 0) is 0 Å². The molecular weight excluding hydrogens is 298 g/mol. The first-order valence-electron chi connectivity index (χ1n) is 6.82. The molecule has 1 aromatic carbocycles. The highest BCUT2D eigenvalue weighted by Crippen LogP contribution is 2.40. The summed E-state index contributed by atoms with van der Waals surface area (Å²) in [5, 5.41) is 0.469. The van der Waals surface area contributed by atoms with Crippen molar-refractivity contribution in [3.05, 3.63) is 28.5 Å². The largest absolute Gasteiger partial charge is 0.328 e. The van der Waals surface area contributed by atoms with Crippen molar-refractivity contribution in [1.82, 2.24) is 9.55 Å². The molecule has 1 aliphatic rings. The van der Waals surface area contributed by atoms with Crippen LogP contribution in [0.2, 0.25) is 0 Å². The third-order valence-corrected chi connectivity index (χ3v) is 5.48. The summed E-state index contributed by atoms with van der Waals surface area (Å²) in [6.45, 7) is 2.13. The monoisotopic (exact) mass is 314 g/mol. The standard InChI is InChI=1S/C14H16F2N2S2/c1-2-20-12-5-3-4-10(12)18-11-7-8(15)6-9(16)13(11)17-14(18)19/h6-7,10,12H,2-5H2,1H3,(H,17,19). The number of imidazole rings is 1. The highest BCUT2D eigenvalue weighted by Gasteiger charge is 2.30. The van der Waals surface area contributed by atoms with Gasteiger partial charge in [-0.05, 0) is 36.9 Å². The minimum atomic E-state index is -0.581. The van der Waals surface area contributed by atoms with E-state index in [0.717, 1.165) is 31.1 Å². The molecule has 3 rings (SSSR count). The molecule has 6 heteroatoms. The van der Waals surface area contributed by atoms with E-state index in [2.05, 4.69) is 11.9 Å². The van der Waals surface area contributed by atoms with Gasteiger partial charge >= 0.3 is 0 Å². The normalized spacial score (nSPS) is 22.8. The van der Waals surface area contributed by atoms with Crippen LogP contribution >= 0.6 is 24.0 Å². The molecule has 2 atom stereocenters. The van der Waals surface area contributed by atoms with Crippen LogP contribution in [0, 0.1) is 16.4 Å². The number of nitrogens with one attached hydrogen (secondary N) is 1. The van der Waals surface area contributed by atoms with E-state index in [1.54, 1.807) is 0 Å². The van der Waals surface area contributed by atoms with E-state index >= 15 is 0 Å². The predicted octanol–water partition coefficient (Wildman–Crippen LogP) is 4.82. The lowest BCUT2D eigenvalue weighted by molar-refractivity contribution is 0.534. The van der Waals surface area contributed by atoms with Gasteiger partial charge in [-0.25, -0.2) is 8.78 Å². The van der Waals surface area contributed by atoms with Crippen molar-refractivity contribution in [1.29, 1.82) is 0 Å². The first kappa shape index (κ1) is 14.1. The molecule has 2 unspecified atom stereocenters. The Morgan fingerprint density at radius 1 is 1.40 bits per heavy atom. The summed E-state index contributed by atoms with van der Waals surface area (Å²) in [4.78, 5) is 2.89. The third kappa shape index (κ3) is 2.29. The Bertz CT molecular complexity index is 692. The van der Waals surface area contributed by atoms with Crippen LogP contribution in [0.15, 0.2) is 12.1 Å². The van der Waals surface area contributed by atoms with Crippen molar-refractivity contribution in [3.63, 3.8) is 0 Å². The Labute approximate surface area is 125 Å². The zero-order valence-corrected chi connectivity index (χ0v) is 12.8. The maximum absolute atomic E-state index is 13.8. The van der Waals surface area contributed by atoms with Gasteiger partial charge in [-0.2, -0.15) is 11.8 Å². The minimum Gasteiger partial charge on any atom is -0.328 e. The first-order valence-corrected chi connectivity index (χ1v) is 8.28. The summed E-state index contributed by atoms with van der Waals surface area (Å²) >= 11 is 7.24. The zero-order chi connectivity index (χ0) is 14.3. The van der Waals surface area contributed by atoms with E-state index in [1.165, 1.54) is 6.07 Å². The van der Waals surface area contributed by atoms with E-state index in [-0.39, 0.29) is 6.04 Å². The van der Waals surface area contributed by atoms with Gasteiger partial charge in [0.15, 0.2) is 10.6 Å². The molecule has 0 radical (unpaired) electrons. The lowest BCUT2D eigenvalue weighted by Crippen LogP contribution is -2.16. The fourth-order valence-corrected chi connectivity index (χ4v) is 4.67. The van der Waals surface area contributed by atoms with Crippen LogP contribution in [0.5, 0.6) is 0 Å². The molecule has 1 aromatic heterocycles. The van der Waals surface area contributed by atoms with Crippen LogP contribution in [0.1, 0.15) is 32.2 Å². The summed E-state index contributed by atoms with van der Waals surface area (Å²) in [6, 6.07) is 2.49. The molecular formula is C14H16F2N2S2. The smallest absolute Gasteiger partial charge is 0.178 e. The average molecular weight is 314 g/mol. The predicted molar refractivity (Wildman–Crippen MR) is 81.8 cm³/mol. The summed E-state index contributed by atoms with van der Waals surface area (Å²) in [7, 11) is 0. The molecule has 0 amide bonds. The van der Waals surface area contributed by atoms with Crippen LogP contribution in [-0.4, -0.2) is 20.6 Å². The third-order valence-electron chi connectivity index (χ3n) is 3.87. The zero-order valence-electron chi connectivity index (χ0n) is 11.2. The maximum atomic E-state index is 13.8. The number of nitrogens with zero attached hydrogens (tertiary/aromatic N) is 1. The van der Waals surface area contributed by atoms with E-state index < -0.39 is 11.6 Å². The molecule has 0 saturated heterocycles. The number of hydrogen-bond donors (Lipinski definition) is 1. The Kier molecular flexibility index (Phi) is 3.86. The number of thioether (sulfide) groups is 1. The molecule has 2 nitrogen and oxygen atoms in total. The van der Waals surface area contributed by atoms with Crippen LogP contribution in [0.4, 0.5) is 8.78 Å². The van der Waals surface area contributed by atoms with E-state index in [9.17, 15) is 8.78 Å². The highest BCUT2D eigenvalue weighted by molar-refractivity contribution is 7.99. The van der Waals surface area contributed by atoms with E-state index in [1.807, 2.05) is 16.3 Å². The van der Waals surface area contributed by atoms with Gasteiger partial charge in [0.05, 0.1) is 5.52 Å². The van der Waals surface area contributed by atoms with Crippen LogP contribution in [0.3, 0.4) is 0 Å². The number of benzene rings is 1. The fraction of sp³-hybridized carbons (Fsp3) is 0.500. The van der Waals surface area contributed by atoms with Gasteiger partial charge in [0, 0.05) is 17.4 Å². The number of aromatic amines is 1. The average Bonchev–Trinajstić information content (AvgIpc) is 2.94. The van der Waals surface area contributed by atoms with Crippen molar-refractivity contribution >= 4 is 35.0 Å². The number of rotatable bonds is 3. The van der Waals surface area contributed by atoms with Gasteiger partial charge < -0.3 is 9.55 Å². The Morgan fingerprint density at radius 3 is 2.95 bits per heavy atom. The number of halogens is 2. The molecule has 2 aromatic rings. The number of H-pyrrole nitrogens is 1. The van der Waals surface area contributed by atoms with Crippen molar-refractivity contribution in [2.24, 2.45) is 0 Å². The molecule has 0 aliphatic heterocycles. The molecule has 1 aliphatic carbocycles. The van der Waals surface area contributed by atoms with Gasteiger partial charge in [-0.1, -0.05) is 13.3 Å². The molecule has 0 spiro atoms. The summed E-state index contributed by atoms with van der Waals surface area (Å²) in [5.74, 6) is -0.0995. The summed E-state index contributed by atoms with van der Waals surface area (Å²) < 4.78 is 29.7. The molecule has 1 saturated carbocycles. The van der Waals surface area contributed by atoms with Crippen molar-refractivity contribution < 1.29 is 8.78 Å². The molecule has 108 valence electrons. The first-order chi connectivity index (χ1) is 9.61. The topological polar surface area (TPSA) is 20.7 Å². The molecule has 20 heavy (non-hydrogen) atoms. The highest BCUT2D eigenvalue weighted by atomic mass is 32.2. The fourth-order valence-electron chi connectivity index (χ4n) is 3.09. The second-order valence-corrected chi connectivity index (χ2v) is 6.98. The second kappa shape index (κ2) is 5.48. The number of aromatic nitrogens is 2. The lowest BCUT2D eigenvalue weighted by atomic mass is 10.2.